The molecule has 0 saturated carbocycles. The van der Waals surface area contributed by atoms with Crippen LogP contribution in [0.15, 0.2) is 24.3 Å². The first-order chi connectivity index (χ1) is 11.6. The van der Waals surface area contributed by atoms with Crippen molar-refractivity contribution in [3.8, 4) is 0 Å². The zero-order valence-electron chi connectivity index (χ0n) is 14.8. The number of carbonyl (C=O) groups is 2. The second kappa shape index (κ2) is 9.20. The fraction of sp³-hybridized carbons (Fsp3) is 0.579. The Bertz CT molecular complexity index is 608. The first kappa shape index (κ1) is 19.7. The zero-order valence-corrected chi connectivity index (χ0v) is 15.6. The Labute approximate surface area is 155 Å². The second-order valence-electron chi connectivity index (χ2n) is 6.90. The van der Waals surface area contributed by atoms with Crippen molar-refractivity contribution < 1.29 is 9.59 Å². The quantitative estimate of drug-likeness (QED) is 0.787. The molecule has 2 aliphatic rings. The van der Waals surface area contributed by atoms with Gasteiger partial charge in [-0.3, -0.25) is 9.59 Å². The molecule has 0 unspecified atom stereocenters. The Hall–Kier alpha value is -1.59. The summed E-state index contributed by atoms with van der Waals surface area (Å²) < 4.78 is 0. The van der Waals surface area contributed by atoms with Gasteiger partial charge >= 0.3 is 0 Å². The molecular formula is C19H28ClN3O2. The van der Waals surface area contributed by atoms with E-state index < -0.39 is 0 Å². The normalized spacial score (nSPS) is 22.0. The maximum Gasteiger partial charge on any atom is 0.227 e. The maximum absolute atomic E-state index is 12.4. The van der Waals surface area contributed by atoms with Crippen LogP contribution >= 0.6 is 12.4 Å². The van der Waals surface area contributed by atoms with Gasteiger partial charge in [-0.2, -0.15) is 0 Å². The van der Waals surface area contributed by atoms with Crippen molar-refractivity contribution in [1.29, 1.82) is 0 Å². The third kappa shape index (κ3) is 4.95. The van der Waals surface area contributed by atoms with Crippen molar-refractivity contribution in [3.05, 3.63) is 29.8 Å². The van der Waals surface area contributed by atoms with Crippen LogP contribution in [0.3, 0.4) is 0 Å². The lowest BCUT2D eigenvalue weighted by atomic mass is 9.92. The third-order valence-electron chi connectivity index (χ3n) is 5.05. The minimum absolute atomic E-state index is 0. The van der Waals surface area contributed by atoms with Crippen molar-refractivity contribution in [3.63, 3.8) is 0 Å². The molecule has 2 heterocycles. The van der Waals surface area contributed by atoms with Crippen LogP contribution in [0.4, 0.5) is 5.69 Å². The van der Waals surface area contributed by atoms with Gasteiger partial charge in [-0.15, -0.1) is 12.4 Å². The fourth-order valence-corrected chi connectivity index (χ4v) is 3.70. The number of benzene rings is 1. The highest BCUT2D eigenvalue weighted by Gasteiger charge is 2.25. The fourth-order valence-electron chi connectivity index (χ4n) is 3.70. The number of rotatable bonds is 5. The van der Waals surface area contributed by atoms with Crippen LogP contribution in [-0.2, 0) is 16.0 Å². The van der Waals surface area contributed by atoms with Crippen molar-refractivity contribution in [2.75, 3.05) is 24.5 Å². The molecule has 1 aromatic carbocycles. The molecule has 1 aromatic rings. The molecule has 0 spiro atoms. The lowest BCUT2D eigenvalue weighted by Gasteiger charge is -2.27. The number of hydrogen-bond donors (Lipinski definition) is 2. The Balaban J connectivity index is 0.00000225. The van der Waals surface area contributed by atoms with Crippen LogP contribution in [0.25, 0.3) is 0 Å². The molecule has 5 nitrogen and oxygen atoms in total. The number of fused-ring (bicyclic) bond motifs is 1. The molecule has 6 heteroatoms. The van der Waals surface area contributed by atoms with Crippen molar-refractivity contribution in [1.82, 2.24) is 10.6 Å². The molecule has 138 valence electrons. The predicted octanol–water partition coefficient (Wildman–Crippen LogP) is 2.28. The molecule has 1 fully saturated rings. The summed E-state index contributed by atoms with van der Waals surface area (Å²) in [6.07, 6.45) is 3.92. The van der Waals surface area contributed by atoms with Gasteiger partial charge in [0.15, 0.2) is 0 Å². The van der Waals surface area contributed by atoms with Crippen LogP contribution < -0.4 is 15.5 Å². The molecule has 2 N–H and O–H groups in total. The van der Waals surface area contributed by atoms with E-state index in [1.165, 1.54) is 5.56 Å². The van der Waals surface area contributed by atoms with Gasteiger partial charge in [0, 0.05) is 37.2 Å². The van der Waals surface area contributed by atoms with Gasteiger partial charge < -0.3 is 15.5 Å². The highest BCUT2D eigenvalue weighted by molar-refractivity contribution is 5.95. The topological polar surface area (TPSA) is 61.4 Å². The van der Waals surface area contributed by atoms with E-state index in [2.05, 4.69) is 23.6 Å². The van der Waals surface area contributed by atoms with Gasteiger partial charge in [-0.05, 0) is 50.8 Å². The Morgan fingerprint density at radius 1 is 1.32 bits per heavy atom. The number of piperidine rings is 1. The van der Waals surface area contributed by atoms with Crippen LogP contribution in [0.5, 0.6) is 0 Å². The Morgan fingerprint density at radius 3 is 2.92 bits per heavy atom. The first-order valence-corrected chi connectivity index (χ1v) is 9.04. The standard InChI is InChI=1S/C19H27N3O2.ClH/c1-14-13-16(8-11-20-14)19(24)21-10-4-7-18(23)22-12-9-15-5-2-3-6-17(15)22;/h2-3,5-6,14,16,20H,4,7-13H2,1H3,(H,21,24);1H/t14-,16-;/m0./s1. The maximum atomic E-state index is 12.4. The molecule has 0 bridgehead atoms. The molecule has 2 amide bonds. The highest BCUT2D eigenvalue weighted by atomic mass is 35.5. The SMILES string of the molecule is C[C@H]1C[C@@H](C(=O)NCCCC(=O)N2CCc3ccccc32)CCN1.Cl. The van der Waals surface area contributed by atoms with Gasteiger partial charge in [0.1, 0.15) is 0 Å². The van der Waals surface area contributed by atoms with Gasteiger partial charge in [0.05, 0.1) is 0 Å². The molecule has 2 aliphatic heterocycles. The summed E-state index contributed by atoms with van der Waals surface area (Å²) in [7, 11) is 0. The minimum Gasteiger partial charge on any atom is -0.356 e. The van der Waals surface area contributed by atoms with Gasteiger partial charge in [0.25, 0.3) is 0 Å². The third-order valence-corrected chi connectivity index (χ3v) is 5.05. The van der Waals surface area contributed by atoms with Crippen molar-refractivity contribution in [2.45, 2.75) is 45.1 Å². The average molecular weight is 366 g/mol. The van der Waals surface area contributed by atoms with Gasteiger partial charge in [-0.25, -0.2) is 0 Å². The molecule has 3 rings (SSSR count). The molecule has 1 saturated heterocycles. The van der Waals surface area contributed by atoms with Crippen LogP contribution in [0, 0.1) is 5.92 Å². The van der Waals surface area contributed by atoms with Crippen LogP contribution in [0.1, 0.15) is 38.2 Å². The number of nitrogens with one attached hydrogen (secondary N) is 2. The molecule has 0 aromatic heterocycles. The number of anilines is 1. The Morgan fingerprint density at radius 2 is 2.12 bits per heavy atom. The summed E-state index contributed by atoms with van der Waals surface area (Å²) >= 11 is 0. The summed E-state index contributed by atoms with van der Waals surface area (Å²) in [5.41, 5.74) is 2.30. The molecule has 25 heavy (non-hydrogen) atoms. The summed E-state index contributed by atoms with van der Waals surface area (Å²) in [6.45, 7) is 4.38. The lowest BCUT2D eigenvalue weighted by molar-refractivity contribution is -0.126. The lowest BCUT2D eigenvalue weighted by Crippen LogP contribution is -2.42. The van der Waals surface area contributed by atoms with E-state index in [0.29, 0.717) is 25.4 Å². The number of nitrogens with zero attached hydrogens (tertiary/aromatic N) is 1. The van der Waals surface area contributed by atoms with Gasteiger partial charge in [-0.1, -0.05) is 18.2 Å². The van der Waals surface area contributed by atoms with E-state index in [9.17, 15) is 9.59 Å². The number of halogens is 1. The van der Waals surface area contributed by atoms with E-state index in [-0.39, 0.29) is 30.1 Å². The average Bonchev–Trinajstić information content (AvgIpc) is 3.02. The monoisotopic (exact) mass is 365 g/mol. The molecule has 2 atom stereocenters. The minimum atomic E-state index is 0. The van der Waals surface area contributed by atoms with Gasteiger partial charge in [0.2, 0.25) is 11.8 Å². The summed E-state index contributed by atoms with van der Waals surface area (Å²) in [4.78, 5) is 26.5. The van der Waals surface area contributed by atoms with Crippen molar-refractivity contribution in [2.24, 2.45) is 5.92 Å². The molecule has 0 aliphatic carbocycles. The summed E-state index contributed by atoms with van der Waals surface area (Å²) in [5, 5.41) is 6.36. The van der Waals surface area contributed by atoms with Crippen LogP contribution in [-0.4, -0.2) is 37.5 Å². The number of hydrogen-bond acceptors (Lipinski definition) is 3. The molecular weight excluding hydrogens is 338 g/mol. The number of para-hydroxylation sites is 1. The summed E-state index contributed by atoms with van der Waals surface area (Å²) in [6, 6.07) is 8.50. The highest BCUT2D eigenvalue weighted by Crippen LogP contribution is 2.28. The van der Waals surface area contributed by atoms with E-state index >= 15 is 0 Å². The van der Waals surface area contributed by atoms with Crippen LogP contribution in [0.2, 0.25) is 0 Å². The number of amides is 2. The first-order valence-electron chi connectivity index (χ1n) is 9.04. The van der Waals surface area contributed by atoms with E-state index in [1.807, 2.05) is 23.1 Å². The van der Waals surface area contributed by atoms with E-state index in [4.69, 9.17) is 0 Å². The Kier molecular flexibility index (Phi) is 7.26. The van der Waals surface area contributed by atoms with Crippen molar-refractivity contribution >= 4 is 29.9 Å². The second-order valence-corrected chi connectivity index (χ2v) is 6.90. The smallest absolute Gasteiger partial charge is 0.227 e. The zero-order chi connectivity index (χ0) is 16.9. The predicted molar refractivity (Wildman–Crippen MR) is 102 cm³/mol. The van der Waals surface area contributed by atoms with E-state index in [1.54, 1.807) is 0 Å². The largest absolute Gasteiger partial charge is 0.356 e. The van der Waals surface area contributed by atoms with E-state index in [0.717, 1.165) is 38.0 Å². The molecule has 0 radical (unpaired) electrons. The number of carbonyl (C=O) groups excluding carboxylic acids is 2. The summed E-state index contributed by atoms with van der Waals surface area (Å²) in [5.74, 6) is 0.411.